The topological polar surface area (TPSA) is 54.5 Å². The Morgan fingerprint density at radius 3 is 2.47 bits per heavy atom. The van der Waals surface area contributed by atoms with E-state index in [1.54, 1.807) is 12.1 Å². The Balaban J connectivity index is 1.79. The summed E-state index contributed by atoms with van der Waals surface area (Å²) < 4.78 is 55.7. The molecule has 32 heavy (non-hydrogen) atoms. The fraction of sp³-hybridized carbons (Fsp3) is 0.478. The maximum absolute atomic E-state index is 14.8. The SMILES string of the molecule is CC1CCN(Cc2ccc(OC(F)(F)F)cc2)c2cc(F)c(NC(=O)CC(C)(C)C)nc21. The molecule has 1 aromatic heterocycles. The number of anilines is 2. The quantitative estimate of drug-likeness (QED) is 0.564. The van der Waals surface area contributed by atoms with Crippen LogP contribution < -0.4 is 15.0 Å². The average molecular weight is 453 g/mol. The molecule has 9 heteroatoms. The van der Waals surface area contributed by atoms with Crippen LogP contribution in [-0.4, -0.2) is 23.8 Å². The Labute approximate surface area is 184 Å². The second-order valence-electron chi connectivity index (χ2n) is 9.31. The molecule has 1 aliphatic heterocycles. The summed E-state index contributed by atoms with van der Waals surface area (Å²) in [5.74, 6) is -1.23. The molecule has 1 aromatic carbocycles. The number of fused-ring (bicyclic) bond motifs is 1. The molecule has 5 nitrogen and oxygen atoms in total. The Morgan fingerprint density at radius 1 is 1.22 bits per heavy atom. The van der Waals surface area contributed by atoms with Gasteiger partial charge >= 0.3 is 6.36 Å². The van der Waals surface area contributed by atoms with Gasteiger partial charge in [0.05, 0.1) is 11.4 Å². The molecule has 1 aliphatic rings. The average Bonchev–Trinajstić information content (AvgIpc) is 2.64. The molecule has 3 rings (SSSR count). The Hall–Kier alpha value is -2.84. The van der Waals surface area contributed by atoms with Crippen molar-refractivity contribution in [1.29, 1.82) is 0 Å². The second-order valence-corrected chi connectivity index (χ2v) is 9.31. The number of aromatic nitrogens is 1. The Bertz CT molecular complexity index is 969. The van der Waals surface area contributed by atoms with E-state index in [9.17, 15) is 22.4 Å². The third kappa shape index (κ3) is 6.34. The summed E-state index contributed by atoms with van der Waals surface area (Å²) in [7, 11) is 0. The molecular weight excluding hydrogens is 426 g/mol. The van der Waals surface area contributed by atoms with Gasteiger partial charge in [0.2, 0.25) is 5.91 Å². The number of hydrogen-bond acceptors (Lipinski definition) is 4. The number of amides is 1. The summed E-state index contributed by atoms with van der Waals surface area (Å²) in [5.41, 5.74) is 1.81. The van der Waals surface area contributed by atoms with Gasteiger partial charge in [0.1, 0.15) is 5.75 Å². The van der Waals surface area contributed by atoms with Crippen molar-refractivity contribution in [3.8, 4) is 5.75 Å². The number of carbonyl (C=O) groups excluding carboxylic acids is 1. The summed E-state index contributed by atoms with van der Waals surface area (Å²) in [6.07, 6.45) is -3.73. The minimum absolute atomic E-state index is 0.0719. The molecule has 174 valence electrons. The molecule has 0 radical (unpaired) electrons. The first-order valence-electron chi connectivity index (χ1n) is 10.4. The zero-order valence-electron chi connectivity index (χ0n) is 18.5. The third-order valence-electron chi connectivity index (χ3n) is 5.10. The lowest BCUT2D eigenvalue weighted by Crippen LogP contribution is -2.31. The number of benzene rings is 1. The second kappa shape index (κ2) is 8.96. The number of rotatable bonds is 5. The number of halogens is 4. The number of hydrogen-bond donors (Lipinski definition) is 1. The van der Waals surface area contributed by atoms with E-state index < -0.39 is 12.2 Å². The lowest BCUT2D eigenvalue weighted by atomic mass is 9.92. The molecule has 0 bridgehead atoms. The fourth-order valence-electron chi connectivity index (χ4n) is 3.64. The van der Waals surface area contributed by atoms with Gasteiger partial charge in [0.15, 0.2) is 11.6 Å². The van der Waals surface area contributed by atoms with E-state index in [-0.39, 0.29) is 35.2 Å². The third-order valence-corrected chi connectivity index (χ3v) is 5.10. The number of pyridine rings is 1. The summed E-state index contributed by atoms with van der Waals surface area (Å²) in [6.45, 7) is 8.78. The predicted molar refractivity (Wildman–Crippen MR) is 114 cm³/mol. The smallest absolute Gasteiger partial charge is 0.406 e. The van der Waals surface area contributed by atoms with Crippen molar-refractivity contribution < 1.29 is 27.1 Å². The van der Waals surface area contributed by atoms with Gasteiger partial charge < -0.3 is 15.0 Å². The molecule has 1 N–H and O–H groups in total. The normalized spacial score (nSPS) is 16.5. The molecule has 2 heterocycles. The van der Waals surface area contributed by atoms with Crippen molar-refractivity contribution >= 4 is 17.4 Å². The van der Waals surface area contributed by atoms with Crippen molar-refractivity contribution in [3.05, 3.63) is 47.4 Å². The molecule has 0 spiro atoms. The highest BCUT2D eigenvalue weighted by Crippen LogP contribution is 2.37. The first-order chi connectivity index (χ1) is 14.8. The van der Waals surface area contributed by atoms with E-state index in [1.807, 2.05) is 32.6 Å². The molecular formula is C23H27F4N3O2. The Morgan fingerprint density at radius 2 is 1.88 bits per heavy atom. The first kappa shape index (κ1) is 23.8. The zero-order chi connectivity index (χ0) is 23.7. The van der Waals surface area contributed by atoms with Gasteiger partial charge in [-0.25, -0.2) is 9.37 Å². The number of ether oxygens (including phenoxy) is 1. The molecule has 2 aromatic rings. The van der Waals surface area contributed by atoms with Crippen LogP contribution in [0.4, 0.5) is 29.1 Å². The van der Waals surface area contributed by atoms with Crippen LogP contribution in [0.15, 0.2) is 30.3 Å². The highest BCUT2D eigenvalue weighted by atomic mass is 19.4. The molecule has 1 amide bonds. The first-order valence-corrected chi connectivity index (χ1v) is 10.4. The molecule has 1 unspecified atom stereocenters. The van der Waals surface area contributed by atoms with E-state index in [0.717, 1.165) is 12.0 Å². The predicted octanol–water partition coefficient (Wildman–Crippen LogP) is 6.01. The lowest BCUT2D eigenvalue weighted by molar-refractivity contribution is -0.274. The molecule has 0 saturated carbocycles. The van der Waals surface area contributed by atoms with Crippen molar-refractivity contribution in [3.63, 3.8) is 0 Å². The van der Waals surface area contributed by atoms with Crippen LogP contribution in [0.1, 0.15) is 57.7 Å². The zero-order valence-corrected chi connectivity index (χ0v) is 18.5. The van der Waals surface area contributed by atoms with Gasteiger partial charge in [-0.2, -0.15) is 0 Å². The largest absolute Gasteiger partial charge is 0.573 e. The summed E-state index contributed by atoms with van der Waals surface area (Å²) in [5, 5.41) is 2.58. The van der Waals surface area contributed by atoms with Crippen molar-refractivity contribution in [2.45, 2.75) is 59.4 Å². The van der Waals surface area contributed by atoms with E-state index in [4.69, 9.17) is 0 Å². The van der Waals surface area contributed by atoms with Crippen LogP contribution >= 0.6 is 0 Å². The number of carbonyl (C=O) groups is 1. The maximum Gasteiger partial charge on any atom is 0.573 e. The van der Waals surface area contributed by atoms with E-state index in [1.165, 1.54) is 18.2 Å². The lowest BCUT2D eigenvalue weighted by Gasteiger charge is -2.34. The van der Waals surface area contributed by atoms with Gasteiger partial charge in [-0.15, -0.1) is 13.2 Å². The van der Waals surface area contributed by atoms with E-state index in [0.29, 0.717) is 24.5 Å². The fourth-order valence-corrected chi connectivity index (χ4v) is 3.64. The summed E-state index contributed by atoms with van der Waals surface area (Å²) in [4.78, 5) is 18.6. The molecule has 0 fully saturated rings. The summed E-state index contributed by atoms with van der Waals surface area (Å²) >= 11 is 0. The molecule has 1 atom stereocenters. The number of nitrogens with zero attached hydrogens (tertiary/aromatic N) is 2. The number of nitrogens with one attached hydrogen (secondary N) is 1. The van der Waals surface area contributed by atoms with Crippen molar-refractivity contribution in [2.24, 2.45) is 5.41 Å². The standard InChI is InChI=1S/C23H27F4N3O2/c1-14-9-10-30(13-15-5-7-16(8-6-15)32-23(25,26)27)18-11-17(24)21(29-20(14)18)28-19(31)12-22(2,3)4/h5-8,11,14H,9-10,12-13H2,1-4H3,(H,28,29,31). The minimum Gasteiger partial charge on any atom is -0.406 e. The van der Waals surface area contributed by atoms with Crippen molar-refractivity contribution in [2.75, 3.05) is 16.8 Å². The van der Waals surface area contributed by atoms with Crippen molar-refractivity contribution in [1.82, 2.24) is 4.98 Å². The monoisotopic (exact) mass is 453 g/mol. The van der Waals surface area contributed by atoms with Gasteiger partial charge in [-0.1, -0.05) is 39.8 Å². The van der Waals surface area contributed by atoms with E-state index in [2.05, 4.69) is 15.0 Å². The van der Waals surface area contributed by atoms with E-state index >= 15 is 0 Å². The van der Waals surface area contributed by atoms with Gasteiger partial charge in [0.25, 0.3) is 0 Å². The Kier molecular flexibility index (Phi) is 6.67. The number of alkyl halides is 3. The summed E-state index contributed by atoms with van der Waals surface area (Å²) in [6, 6.07) is 6.96. The molecule has 0 saturated heterocycles. The van der Waals surface area contributed by atoms with Gasteiger partial charge in [-0.05, 0) is 29.5 Å². The van der Waals surface area contributed by atoms with Gasteiger partial charge in [0, 0.05) is 31.5 Å². The van der Waals surface area contributed by atoms with Gasteiger partial charge in [-0.3, -0.25) is 4.79 Å². The van der Waals surface area contributed by atoms with Crippen LogP contribution in [0.2, 0.25) is 0 Å². The van der Waals surface area contributed by atoms with Crippen LogP contribution in [0, 0.1) is 11.2 Å². The maximum atomic E-state index is 14.8. The van der Waals surface area contributed by atoms with Crippen LogP contribution in [0.25, 0.3) is 0 Å². The van der Waals surface area contributed by atoms with Crippen LogP contribution in [0.3, 0.4) is 0 Å². The van der Waals surface area contributed by atoms with Crippen LogP contribution in [-0.2, 0) is 11.3 Å². The minimum atomic E-state index is -4.74. The van der Waals surface area contributed by atoms with Crippen LogP contribution in [0.5, 0.6) is 5.75 Å². The highest BCUT2D eigenvalue weighted by molar-refractivity contribution is 5.90. The molecule has 0 aliphatic carbocycles. The highest BCUT2D eigenvalue weighted by Gasteiger charge is 2.31.